The van der Waals surface area contributed by atoms with Crippen molar-refractivity contribution in [2.45, 2.75) is 6.42 Å². The van der Waals surface area contributed by atoms with Crippen LogP contribution in [0.4, 0.5) is 11.5 Å². The molecule has 0 aliphatic rings. The molecule has 0 atom stereocenters. The summed E-state index contributed by atoms with van der Waals surface area (Å²) in [6.45, 7) is 0. The quantitative estimate of drug-likeness (QED) is 0.559. The van der Waals surface area contributed by atoms with Crippen LogP contribution in [0.5, 0.6) is 0 Å². The Hall–Kier alpha value is -3.87. The Bertz CT molecular complexity index is 1110. The lowest BCUT2D eigenvalue weighted by Gasteiger charge is -2.06. The second-order valence-electron chi connectivity index (χ2n) is 6.40. The highest BCUT2D eigenvalue weighted by molar-refractivity contribution is 6.04. The maximum absolute atomic E-state index is 12.4. The number of para-hydroxylation sites is 1. The van der Waals surface area contributed by atoms with Crippen LogP contribution in [0.15, 0.2) is 71.3 Å². The highest BCUT2D eigenvalue weighted by Crippen LogP contribution is 2.20. The second kappa shape index (κ2) is 7.40. The summed E-state index contributed by atoms with van der Waals surface area (Å²) in [4.78, 5) is 24.5. The number of amides is 2. The SMILES string of the molecule is Cn1ccc(NC(=O)Cc2ccc(NC(=O)c3cc4ccccc4o3)cc2)n1. The summed E-state index contributed by atoms with van der Waals surface area (Å²) < 4.78 is 7.18. The number of hydrogen-bond acceptors (Lipinski definition) is 4. The predicted octanol–water partition coefficient (Wildman–Crippen LogP) is 3.60. The maximum atomic E-state index is 12.4. The maximum Gasteiger partial charge on any atom is 0.291 e. The minimum Gasteiger partial charge on any atom is -0.451 e. The van der Waals surface area contributed by atoms with Crippen LogP contribution in [0.25, 0.3) is 11.0 Å². The van der Waals surface area contributed by atoms with Crippen molar-refractivity contribution in [1.82, 2.24) is 9.78 Å². The molecular formula is C21H18N4O3. The molecule has 2 N–H and O–H groups in total. The summed E-state index contributed by atoms with van der Waals surface area (Å²) in [5.41, 5.74) is 2.12. The Morgan fingerprint density at radius 1 is 1.04 bits per heavy atom. The molecule has 0 bridgehead atoms. The van der Waals surface area contributed by atoms with E-state index in [1.54, 1.807) is 54.3 Å². The first kappa shape index (κ1) is 17.5. The molecule has 0 aliphatic carbocycles. The second-order valence-corrected chi connectivity index (χ2v) is 6.40. The molecule has 0 radical (unpaired) electrons. The van der Waals surface area contributed by atoms with Gasteiger partial charge in [-0.3, -0.25) is 14.3 Å². The molecule has 4 aromatic rings. The van der Waals surface area contributed by atoms with E-state index in [1.165, 1.54) is 0 Å². The minimum atomic E-state index is -0.322. The Balaban J connectivity index is 1.37. The van der Waals surface area contributed by atoms with Crippen molar-refractivity contribution in [2.24, 2.45) is 7.05 Å². The van der Waals surface area contributed by atoms with E-state index in [2.05, 4.69) is 15.7 Å². The fourth-order valence-electron chi connectivity index (χ4n) is 2.85. The number of furan rings is 1. The fourth-order valence-corrected chi connectivity index (χ4v) is 2.85. The molecule has 2 aromatic heterocycles. The molecule has 7 heteroatoms. The average molecular weight is 374 g/mol. The van der Waals surface area contributed by atoms with Gasteiger partial charge in [-0.05, 0) is 29.8 Å². The lowest BCUT2D eigenvalue weighted by Crippen LogP contribution is -2.15. The number of nitrogens with one attached hydrogen (secondary N) is 2. The van der Waals surface area contributed by atoms with Gasteiger partial charge in [-0.25, -0.2) is 0 Å². The summed E-state index contributed by atoms with van der Waals surface area (Å²) in [7, 11) is 1.79. The molecule has 0 fully saturated rings. The van der Waals surface area contributed by atoms with E-state index >= 15 is 0 Å². The summed E-state index contributed by atoms with van der Waals surface area (Å²) in [5, 5.41) is 10.5. The average Bonchev–Trinajstić information content (AvgIpc) is 3.29. The summed E-state index contributed by atoms with van der Waals surface area (Å²) in [5.74, 6) is 0.289. The Morgan fingerprint density at radius 2 is 1.82 bits per heavy atom. The highest BCUT2D eigenvalue weighted by atomic mass is 16.3. The van der Waals surface area contributed by atoms with Gasteiger partial charge < -0.3 is 15.1 Å². The summed E-state index contributed by atoms with van der Waals surface area (Å²) in [6.07, 6.45) is 1.98. The molecule has 4 rings (SSSR count). The molecular weight excluding hydrogens is 356 g/mol. The van der Waals surface area contributed by atoms with Crippen LogP contribution in [-0.4, -0.2) is 21.6 Å². The Labute approximate surface area is 161 Å². The van der Waals surface area contributed by atoms with E-state index in [9.17, 15) is 9.59 Å². The van der Waals surface area contributed by atoms with E-state index in [-0.39, 0.29) is 24.0 Å². The third kappa shape index (κ3) is 3.93. The molecule has 2 aromatic carbocycles. The normalized spacial score (nSPS) is 10.8. The monoisotopic (exact) mass is 374 g/mol. The van der Waals surface area contributed by atoms with E-state index in [4.69, 9.17) is 4.42 Å². The van der Waals surface area contributed by atoms with Crippen molar-refractivity contribution in [3.8, 4) is 0 Å². The molecule has 28 heavy (non-hydrogen) atoms. The van der Waals surface area contributed by atoms with Crippen LogP contribution in [0, 0.1) is 0 Å². The molecule has 2 amide bonds. The van der Waals surface area contributed by atoms with Crippen molar-refractivity contribution in [3.63, 3.8) is 0 Å². The largest absolute Gasteiger partial charge is 0.451 e. The van der Waals surface area contributed by atoms with Crippen molar-refractivity contribution in [1.29, 1.82) is 0 Å². The third-order valence-corrected chi connectivity index (χ3v) is 4.21. The Kier molecular flexibility index (Phi) is 4.63. The van der Waals surface area contributed by atoms with Gasteiger partial charge in [0.15, 0.2) is 11.6 Å². The van der Waals surface area contributed by atoms with Crippen molar-refractivity contribution < 1.29 is 14.0 Å². The van der Waals surface area contributed by atoms with Crippen LogP contribution in [0.1, 0.15) is 16.1 Å². The topological polar surface area (TPSA) is 89.2 Å². The van der Waals surface area contributed by atoms with E-state index in [0.717, 1.165) is 10.9 Å². The molecule has 2 heterocycles. The number of anilines is 2. The van der Waals surface area contributed by atoms with E-state index in [1.807, 2.05) is 24.3 Å². The molecule has 0 saturated carbocycles. The van der Waals surface area contributed by atoms with Crippen molar-refractivity contribution in [2.75, 3.05) is 10.6 Å². The first-order valence-corrected chi connectivity index (χ1v) is 8.75. The van der Waals surface area contributed by atoms with Crippen LogP contribution >= 0.6 is 0 Å². The number of nitrogens with zero attached hydrogens (tertiary/aromatic N) is 2. The van der Waals surface area contributed by atoms with Crippen LogP contribution < -0.4 is 10.6 Å². The minimum absolute atomic E-state index is 0.155. The van der Waals surface area contributed by atoms with Crippen LogP contribution in [-0.2, 0) is 18.3 Å². The zero-order chi connectivity index (χ0) is 19.5. The van der Waals surface area contributed by atoms with Gasteiger partial charge in [0.25, 0.3) is 5.91 Å². The van der Waals surface area contributed by atoms with Gasteiger partial charge in [-0.2, -0.15) is 5.10 Å². The van der Waals surface area contributed by atoms with Gasteiger partial charge in [0, 0.05) is 30.4 Å². The highest BCUT2D eigenvalue weighted by Gasteiger charge is 2.12. The van der Waals surface area contributed by atoms with Crippen LogP contribution in [0.2, 0.25) is 0 Å². The number of carbonyl (C=O) groups excluding carboxylic acids is 2. The molecule has 0 aliphatic heterocycles. The smallest absolute Gasteiger partial charge is 0.291 e. The number of aryl methyl sites for hydroxylation is 1. The number of benzene rings is 2. The van der Waals surface area contributed by atoms with Gasteiger partial charge in [0.2, 0.25) is 5.91 Å². The van der Waals surface area contributed by atoms with Crippen LogP contribution in [0.3, 0.4) is 0 Å². The first-order chi connectivity index (χ1) is 13.6. The van der Waals surface area contributed by atoms with E-state index in [0.29, 0.717) is 17.1 Å². The molecule has 0 spiro atoms. The lowest BCUT2D eigenvalue weighted by atomic mass is 10.1. The van der Waals surface area contributed by atoms with Gasteiger partial charge in [0.05, 0.1) is 6.42 Å². The predicted molar refractivity (Wildman–Crippen MR) is 106 cm³/mol. The van der Waals surface area contributed by atoms with Gasteiger partial charge in [-0.1, -0.05) is 30.3 Å². The molecule has 140 valence electrons. The van der Waals surface area contributed by atoms with Gasteiger partial charge in [0.1, 0.15) is 5.58 Å². The fraction of sp³-hybridized carbons (Fsp3) is 0.0952. The van der Waals surface area contributed by atoms with Crippen molar-refractivity contribution >= 4 is 34.3 Å². The molecule has 0 saturated heterocycles. The summed E-state index contributed by atoms with van der Waals surface area (Å²) >= 11 is 0. The molecule has 7 nitrogen and oxygen atoms in total. The lowest BCUT2D eigenvalue weighted by molar-refractivity contribution is -0.115. The van der Waals surface area contributed by atoms with Gasteiger partial charge in [-0.15, -0.1) is 0 Å². The van der Waals surface area contributed by atoms with E-state index < -0.39 is 0 Å². The number of carbonyl (C=O) groups is 2. The number of aromatic nitrogens is 2. The zero-order valence-electron chi connectivity index (χ0n) is 15.2. The van der Waals surface area contributed by atoms with Gasteiger partial charge >= 0.3 is 0 Å². The molecule has 0 unspecified atom stereocenters. The zero-order valence-corrected chi connectivity index (χ0v) is 15.2. The van der Waals surface area contributed by atoms with Crippen molar-refractivity contribution in [3.05, 3.63) is 78.2 Å². The first-order valence-electron chi connectivity index (χ1n) is 8.75. The third-order valence-electron chi connectivity index (χ3n) is 4.21. The number of rotatable bonds is 5. The number of hydrogen-bond donors (Lipinski definition) is 2. The number of fused-ring (bicyclic) bond motifs is 1. The Morgan fingerprint density at radius 3 is 2.54 bits per heavy atom. The summed E-state index contributed by atoms with van der Waals surface area (Å²) in [6, 6.07) is 18.0. The standard InChI is InChI=1S/C21H18N4O3/c1-25-11-10-19(24-25)23-20(26)12-14-6-8-16(9-7-14)22-21(27)18-13-15-4-2-3-5-17(15)28-18/h2-11,13H,12H2,1H3,(H,22,27)(H,23,24,26).